The fourth-order valence-corrected chi connectivity index (χ4v) is 6.69. The molecule has 222 valence electrons. The molecule has 2 aliphatic rings. The Bertz CT molecular complexity index is 1240. The van der Waals surface area contributed by atoms with E-state index >= 15 is 0 Å². The molecule has 1 aliphatic heterocycles. The standard InChI is InChI=1S/C31H42N4O5S/c1-31(2,3)35-30(40)26(36)22(17-21-13-9-15-32-27(21)37)33-28(38)23(16-19-10-5-4-6-11-19)34-29(39)25-18-20-12-7-8-14-24(20)41-25/h7-8,12,14,18-19,21-23H,4-6,9-11,13,15-17H2,1-3H3,(H,32,37)(H,33,38)(H,34,39)(H,35,40)/t21-,22-,23-/m0/s1. The highest BCUT2D eigenvalue weighted by Gasteiger charge is 2.36. The van der Waals surface area contributed by atoms with Crippen LogP contribution in [0.1, 0.15) is 88.2 Å². The molecule has 9 nitrogen and oxygen atoms in total. The van der Waals surface area contributed by atoms with Crippen molar-refractivity contribution in [1.82, 2.24) is 21.3 Å². The molecule has 2 fully saturated rings. The molecule has 1 saturated carbocycles. The van der Waals surface area contributed by atoms with E-state index in [1.165, 1.54) is 11.3 Å². The Kier molecular flexibility index (Phi) is 10.2. The lowest BCUT2D eigenvalue weighted by molar-refractivity contribution is -0.142. The predicted molar refractivity (Wildman–Crippen MR) is 159 cm³/mol. The molecule has 4 N–H and O–H groups in total. The summed E-state index contributed by atoms with van der Waals surface area (Å²) in [6.07, 6.45) is 7.06. The number of benzene rings is 1. The van der Waals surface area contributed by atoms with Gasteiger partial charge in [0.2, 0.25) is 17.6 Å². The molecule has 2 heterocycles. The van der Waals surface area contributed by atoms with Gasteiger partial charge in [-0.3, -0.25) is 24.0 Å². The van der Waals surface area contributed by atoms with Crippen LogP contribution in [-0.2, 0) is 19.2 Å². The fraction of sp³-hybridized carbons (Fsp3) is 0.581. The number of fused-ring (bicyclic) bond motifs is 1. The summed E-state index contributed by atoms with van der Waals surface area (Å²) >= 11 is 1.36. The Morgan fingerprint density at radius 3 is 2.37 bits per heavy atom. The third kappa shape index (κ3) is 8.61. The van der Waals surface area contributed by atoms with Gasteiger partial charge in [0.15, 0.2) is 0 Å². The average molecular weight is 583 g/mol. The Labute approximate surface area is 245 Å². The van der Waals surface area contributed by atoms with E-state index in [1.54, 1.807) is 20.8 Å². The topological polar surface area (TPSA) is 133 Å². The number of thiophene rings is 1. The van der Waals surface area contributed by atoms with Gasteiger partial charge in [-0.1, -0.05) is 50.3 Å². The van der Waals surface area contributed by atoms with Crippen molar-refractivity contribution in [3.63, 3.8) is 0 Å². The van der Waals surface area contributed by atoms with Crippen molar-refractivity contribution in [2.45, 2.75) is 96.2 Å². The third-order valence-electron chi connectivity index (χ3n) is 7.83. The van der Waals surface area contributed by atoms with E-state index in [2.05, 4.69) is 21.3 Å². The molecule has 1 aromatic carbocycles. The van der Waals surface area contributed by atoms with Gasteiger partial charge in [-0.05, 0) is 69.9 Å². The van der Waals surface area contributed by atoms with Crippen molar-refractivity contribution in [3.8, 4) is 0 Å². The zero-order valence-electron chi connectivity index (χ0n) is 24.2. The van der Waals surface area contributed by atoms with Crippen molar-refractivity contribution < 1.29 is 24.0 Å². The maximum Gasteiger partial charge on any atom is 0.290 e. The molecule has 1 aliphatic carbocycles. The van der Waals surface area contributed by atoms with E-state index in [4.69, 9.17) is 0 Å². The van der Waals surface area contributed by atoms with Crippen LogP contribution in [0.5, 0.6) is 0 Å². The summed E-state index contributed by atoms with van der Waals surface area (Å²) in [5.41, 5.74) is -0.648. The molecule has 0 bridgehead atoms. The summed E-state index contributed by atoms with van der Waals surface area (Å²) in [4.78, 5) is 66.4. The van der Waals surface area contributed by atoms with Crippen LogP contribution in [0, 0.1) is 11.8 Å². The first-order valence-electron chi connectivity index (χ1n) is 14.7. The first kappa shape index (κ1) is 30.7. The van der Waals surface area contributed by atoms with Gasteiger partial charge >= 0.3 is 0 Å². The number of carbonyl (C=O) groups excluding carboxylic acids is 5. The normalized spacial score (nSPS) is 19.6. The summed E-state index contributed by atoms with van der Waals surface area (Å²) in [5, 5.41) is 12.2. The average Bonchev–Trinajstić information content (AvgIpc) is 3.37. The first-order chi connectivity index (χ1) is 19.5. The number of rotatable bonds is 10. The smallest absolute Gasteiger partial charge is 0.290 e. The number of amides is 4. The quantitative estimate of drug-likeness (QED) is 0.316. The van der Waals surface area contributed by atoms with Crippen LogP contribution in [0.15, 0.2) is 30.3 Å². The lowest BCUT2D eigenvalue weighted by atomic mass is 9.84. The number of hydrogen-bond donors (Lipinski definition) is 4. The Morgan fingerprint density at radius 1 is 0.951 bits per heavy atom. The van der Waals surface area contributed by atoms with E-state index < -0.39 is 41.1 Å². The van der Waals surface area contributed by atoms with Crippen LogP contribution < -0.4 is 21.3 Å². The SMILES string of the molecule is CC(C)(C)NC(=O)C(=O)[C@H](C[C@@H]1CCCNC1=O)NC(=O)[C@H](CC1CCCCC1)NC(=O)c1cc2ccccc2s1. The van der Waals surface area contributed by atoms with E-state index in [0.29, 0.717) is 24.3 Å². The van der Waals surface area contributed by atoms with Crippen LogP contribution in [-0.4, -0.2) is 53.6 Å². The zero-order chi connectivity index (χ0) is 29.6. The summed E-state index contributed by atoms with van der Waals surface area (Å²) in [5.74, 6) is -2.87. The summed E-state index contributed by atoms with van der Waals surface area (Å²) in [7, 11) is 0. The number of Topliss-reactive ketones (excluding diaryl/α,β-unsaturated/α-hetero) is 1. The van der Waals surface area contributed by atoms with Gasteiger partial charge in [0, 0.05) is 22.7 Å². The maximum atomic E-state index is 13.8. The second-order valence-electron chi connectivity index (χ2n) is 12.4. The van der Waals surface area contributed by atoms with Crippen LogP contribution >= 0.6 is 11.3 Å². The third-order valence-corrected chi connectivity index (χ3v) is 8.94. The highest BCUT2D eigenvalue weighted by molar-refractivity contribution is 7.20. The molecule has 4 rings (SSSR count). The van der Waals surface area contributed by atoms with Gasteiger partial charge in [0.1, 0.15) is 6.04 Å². The Morgan fingerprint density at radius 2 is 1.68 bits per heavy atom. The van der Waals surface area contributed by atoms with Crippen molar-refractivity contribution in [2.24, 2.45) is 11.8 Å². The maximum absolute atomic E-state index is 13.8. The van der Waals surface area contributed by atoms with Crippen molar-refractivity contribution in [3.05, 3.63) is 35.2 Å². The van der Waals surface area contributed by atoms with Crippen molar-refractivity contribution >= 4 is 50.8 Å². The monoisotopic (exact) mass is 582 g/mol. The molecular weight excluding hydrogens is 540 g/mol. The summed E-state index contributed by atoms with van der Waals surface area (Å²) in [6, 6.07) is 7.47. The molecule has 10 heteroatoms. The molecule has 1 aromatic heterocycles. The van der Waals surface area contributed by atoms with E-state index in [1.807, 2.05) is 30.3 Å². The number of ketones is 1. The van der Waals surface area contributed by atoms with Crippen molar-refractivity contribution in [1.29, 1.82) is 0 Å². The molecular formula is C31H42N4O5S. The van der Waals surface area contributed by atoms with Crippen LogP contribution in [0.4, 0.5) is 0 Å². The van der Waals surface area contributed by atoms with Gasteiger partial charge in [0.05, 0.1) is 10.9 Å². The minimum atomic E-state index is -1.19. The molecule has 41 heavy (non-hydrogen) atoms. The second kappa shape index (κ2) is 13.6. The van der Waals surface area contributed by atoms with Crippen molar-refractivity contribution in [2.75, 3.05) is 6.54 Å². The van der Waals surface area contributed by atoms with E-state index in [9.17, 15) is 24.0 Å². The molecule has 0 radical (unpaired) electrons. The number of carbonyl (C=O) groups is 5. The minimum absolute atomic E-state index is 0.0222. The first-order valence-corrected chi connectivity index (χ1v) is 15.6. The number of hydrogen-bond acceptors (Lipinski definition) is 6. The van der Waals surface area contributed by atoms with Gasteiger partial charge in [-0.15, -0.1) is 11.3 Å². The molecule has 0 spiro atoms. The highest BCUT2D eigenvalue weighted by atomic mass is 32.1. The van der Waals surface area contributed by atoms with E-state index in [-0.39, 0.29) is 24.2 Å². The lowest BCUT2D eigenvalue weighted by Gasteiger charge is -2.30. The van der Waals surface area contributed by atoms with E-state index in [0.717, 1.165) is 48.6 Å². The molecule has 2 aromatic rings. The Hall–Kier alpha value is -3.27. The largest absolute Gasteiger partial charge is 0.356 e. The molecule has 1 saturated heterocycles. The highest BCUT2D eigenvalue weighted by Crippen LogP contribution is 2.29. The van der Waals surface area contributed by atoms with Gasteiger partial charge < -0.3 is 21.3 Å². The molecule has 3 atom stereocenters. The van der Waals surface area contributed by atoms with Crippen LogP contribution in [0.25, 0.3) is 10.1 Å². The number of piperidine rings is 1. The van der Waals surface area contributed by atoms with Crippen LogP contribution in [0.2, 0.25) is 0 Å². The van der Waals surface area contributed by atoms with Gasteiger partial charge in [0.25, 0.3) is 11.8 Å². The second-order valence-corrected chi connectivity index (χ2v) is 13.5. The predicted octanol–water partition coefficient (Wildman–Crippen LogP) is 3.86. The number of nitrogens with one attached hydrogen (secondary N) is 4. The molecule has 0 unspecified atom stereocenters. The van der Waals surface area contributed by atoms with Gasteiger partial charge in [-0.2, -0.15) is 0 Å². The minimum Gasteiger partial charge on any atom is -0.356 e. The molecule has 4 amide bonds. The van der Waals surface area contributed by atoms with Crippen LogP contribution in [0.3, 0.4) is 0 Å². The Balaban J connectivity index is 1.54. The lowest BCUT2D eigenvalue weighted by Crippen LogP contribution is -2.56. The van der Waals surface area contributed by atoms with Gasteiger partial charge in [-0.25, -0.2) is 0 Å². The fourth-order valence-electron chi connectivity index (χ4n) is 5.72. The zero-order valence-corrected chi connectivity index (χ0v) is 25.0. The summed E-state index contributed by atoms with van der Waals surface area (Å²) in [6.45, 7) is 5.87. The summed E-state index contributed by atoms with van der Waals surface area (Å²) < 4.78 is 0.979.